The van der Waals surface area contributed by atoms with Crippen molar-refractivity contribution in [3.63, 3.8) is 0 Å². The number of methoxy groups -OCH3 is 1. The molecule has 0 unspecified atom stereocenters. The molecule has 2 atom stereocenters. The van der Waals surface area contributed by atoms with Crippen molar-refractivity contribution < 1.29 is 42.9 Å². The van der Waals surface area contributed by atoms with Crippen LogP contribution in [0.15, 0.2) is 24.3 Å². The maximum Gasteiger partial charge on any atom is 0.329 e. The number of hydrogen-bond donors (Lipinski definition) is 3. The molecule has 0 aromatic heterocycles. The van der Waals surface area contributed by atoms with Gasteiger partial charge in [-0.1, -0.05) is 6.07 Å². The summed E-state index contributed by atoms with van der Waals surface area (Å²) in [6.07, 6.45) is 0.420. The first kappa shape index (κ1) is 25.4. The lowest BCUT2D eigenvalue weighted by Crippen LogP contribution is -2.48. The van der Waals surface area contributed by atoms with E-state index in [1.165, 1.54) is 19.2 Å². The number of hydrogen-bond acceptors (Lipinski definition) is 8. The molecule has 0 aliphatic carbocycles. The number of ether oxygens (including phenoxy) is 3. The minimum absolute atomic E-state index is 0.145. The first-order valence-corrected chi connectivity index (χ1v) is 11.5. The maximum atomic E-state index is 14.7. The van der Waals surface area contributed by atoms with E-state index in [2.05, 4.69) is 10.2 Å². The molecule has 11 heteroatoms. The predicted molar refractivity (Wildman–Crippen MR) is 123 cm³/mol. The van der Waals surface area contributed by atoms with Crippen molar-refractivity contribution in [2.24, 2.45) is 0 Å². The van der Waals surface area contributed by atoms with Gasteiger partial charge in [-0.2, -0.15) is 5.48 Å². The summed E-state index contributed by atoms with van der Waals surface area (Å²) in [5, 5.41) is 13.0. The summed E-state index contributed by atoms with van der Waals surface area (Å²) < 4.78 is 31.3. The van der Waals surface area contributed by atoms with Crippen LogP contribution in [-0.4, -0.2) is 62.0 Å². The fourth-order valence-electron chi connectivity index (χ4n) is 4.34. The van der Waals surface area contributed by atoms with Crippen LogP contribution in [0.4, 0.5) is 4.39 Å². The van der Waals surface area contributed by atoms with Crippen LogP contribution in [0.2, 0.25) is 0 Å². The van der Waals surface area contributed by atoms with Crippen LogP contribution >= 0.6 is 0 Å². The molecule has 0 saturated carbocycles. The van der Waals surface area contributed by atoms with Gasteiger partial charge in [-0.3, -0.25) is 14.4 Å². The molecular formula is C25H27FN2O8. The van der Waals surface area contributed by atoms with Crippen molar-refractivity contribution in [3.05, 3.63) is 57.9 Å². The Bertz CT molecular complexity index is 1190. The largest absolute Gasteiger partial charge is 0.495 e. The second kappa shape index (κ2) is 10.9. The Morgan fingerprint density at radius 2 is 1.97 bits per heavy atom. The third-order valence-electron chi connectivity index (χ3n) is 6.05. The van der Waals surface area contributed by atoms with Crippen molar-refractivity contribution in [2.45, 2.75) is 38.3 Å². The molecular weight excluding hydrogens is 475 g/mol. The lowest BCUT2D eigenvalue weighted by Gasteiger charge is -2.28. The van der Waals surface area contributed by atoms with Crippen LogP contribution < -0.4 is 20.3 Å². The molecule has 2 aliphatic rings. The molecule has 2 aromatic carbocycles. The minimum Gasteiger partial charge on any atom is -0.495 e. The second-order valence-corrected chi connectivity index (χ2v) is 8.55. The molecule has 2 aliphatic heterocycles. The summed E-state index contributed by atoms with van der Waals surface area (Å²) in [5.41, 5.74) is 3.80. The number of aliphatic hydroxyl groups excluding tert-OH is 1. The fraction of sp³-hybridized carbons (Fsp3) is 0.400. The highest BCUT2D eigenvalue weighted by atomic mass is 19.1. The van der Waals surface area contributed by atoms with E-state index in [4.69, 9.17) is 14.2 Å². The van der Waals surface area contributed by atoms with E-state index < -0.39 is 35.7 Å². The minimum atomic E-state index is -0.891. The maximum absolute atomic E-state index is 14.7. The van der Waals surface area contributed by atoms with Gasteiger partial charge >= 0.3 is 5.97 Å². The number of carbonyl (C=O) groups is 3. The fourth-order valence-corrected chi connectivity index (χ4v) is 4.34. The van der Waals surface area contributed by atoms with Gasteiger partial charge < -0.3 is 29.5 Å². The Kier molecular flexibility index (Phi) is 7.70. The number of hydroxylamine groups is 1. The summed E-state index contributed by atoms with van der Waals surface area (Å²) >= 11 is 0. The molecule has 0 bridgehead atoms. The number of aliphatic hydroxyl groups is 1. The van der Waals surface area contributed by atoms with Crippen molar-refractivity contribution in [1.29, 1.82) is 0 Å². The monoisotopic (exact) mass is 502 g/mol. The van der Waals surface area contributed by atoms with E-state index in [0.29, 0.717) is 48.7 Å². The van der Waals surface area contributed by atoms with Gasteiger partial charge in [-0.25, -0.2) is 4.39 Å². The van der Waals surface area contributed by atoms with Crippen molar-refractivity contribution in [3.8, 4) is 11.5 Å². The summed E-state index contributed by atoms with van der Waals surface area (Å²) in [6.45, 7) is 2.09. The number of rotatable bonds is 6. The van der Waals surface area contributed by atoms with Gasteiger partial charge in [0, 0.05) is 31.9 Å². The molecule has 2 amide bonds. The highest BCUT2D eigenvalue weighted by molar-refractivity contribution is 5.98. The average Bonchev–Trinajstić information content (AvgIpc) is 3.34. The van der Waals surface area contributed by atoms with E-state index in [0.717, 1.165) is 12.5 Å². The lowest BCUT2D eigenvalue weighted by atomic mass is 9.95. The molecule has 3 N–H and O–H groups in total. The highest BCUT2D eigenvalue weighted by Gasteiger charge is 2.30. The highest BCUT2D eigenvalue weighted by Crippen LogP contribution is 2.40. The molecule has 1 saturated heterocycles. The number of carbonyl (C=O) groups excluding carboxylic acids is 3. The zero-order valence-corrected chi connectivity index (χ0v) is 19.9. The molecule has 2 heterocycles. The van der Waals surface area contributed by atoms with Gasteiger partial charge in [-0.15, -0.1) is 0 Å². The Morgan fingerprint density at radius 3 is 2.67 bits per heavy atom. The van der Waals surface area contributed by atoms with E-state index in [9.17, 15) is 23.9 Å². The Hall–Kier alpha value is -3.70. The van der Waals surface area contributed by atoms with Crippen molar-refractivity contribution in [1.82, 2.24) is 10.8 Å². The van der Waals surface area contributed by atoms with Gasteiger partial charge in [0.2, 0.25) is 0 Å². The van der Waals surface area contributed by atoms with Gasteiger partial charge in [-0.05, 0) is 35.7 Å². The predicted octanol–water partition coefficient (Wildman–Crippen LogP) is 1.45. The number of amides is 2. The normalized spacial score (nSPS) is 18.6. The molecule has 36 heavy (non-hydrogen) atoms. The van der Waals surface area contributed by atoms with Crippen LogP contribution in [-0.2, 0) is 27.2 Å². The van der Waals surface area contributed by atoms with E-state index in [1.807, 2.05) is 5.48 Å². The van der Waals surface area contributed by atoms with Crippen LogP contribution in [0.25, 0.3) is 0 Å². The van der Waals surface area contributed by atoms with Crippen LogP contribution in [0.1, 0.15) is 50.8 Å². The summed E-state index contributed by atoms with van der Waals surface area (Å²) in [4.78, 5) is 40.5. The van der Waals surface area contributed by atoms with Gasteiger partial charge in [0.15, 0.2) is 0 Å². The number of halogens is 1. The van der Waals surface area contributed by atoms with Gasteiger partial charge in [0.1, 0.15) is 17.3 Å². The van der Waals surface area contributed by atoms with Crippen molar-refractivity contribution in [2.75, 3.05) is 26.9 Å². The number of fused-ring (bicyclic) bond motifs is 1. The Labute approximate surface area is 206 Å². The molecule has 0 radical (unpaired) electrons. The lowest BCUT2D eigenvalue weighted by molar-refractivity contribution is -0.146. The van der Waals surface area contributed by atoms with Crippen LogP contribution in [0.5, 0.6) is 11.5 Å². The standard InChI is InChI=1S/C25H27FN2O8/c1-13(29)36-28-25(32)16-4-3-14(10-19(16)26)9-15-11-18(23(33-2)17-5-8-35-22(15)17)24(31)27-20-6-7-34-12-21(20)30/h3-4,10-11,20-21,30H,5-9,12H2,1-2H3,(H,27,31)(H,28,32)/t20-,21-/m0/s1. The zero-order chi connectivity index (χ0) is 25.8. The first-order valence-electron chi connectivity index (χ1n) is 11.5. The smallest absolute Gasteiger partial charge is 0.329 e. The molecule has 4 rings (SSSR count). The summed E-state index contributed by atoms with van der Waals surface area (Å²) in [6, 6.07) is 5.24. The molecule has 192 valence electrons. The van der Waals surface area contributed by atoms with Gasteiger partial charge in [0.25, 0.3) is 11.8 Å². The van der Waals surface area contributed by atoms with Crippen LogP contribution in [0, 0.1) is 5.82 Å². The third kappa shape index (κ3) is 5.42. The van der Waals surface area contributed by atoms with Crippen LogP contribution in [0.3, 0.4) is 0 Å². The topological polar surface area (TPSA) is 132 Å². The molecule has 10 nitrogen and oxygen atoms in total. The summed E-state index contributed by atoms with van der Waals surface area (Å²) in [7, 11) is 1.47. The number of benzene rings is 2. The molecule has 2 aromatic rings. The molecule has 1 fully saturated rings. The SMILES string of the molecule is COc1c(C(=O)N[C@H]2CCOC[C@@H]2O)cc(Cc2ccc(C(=O)NOC(C)=O)c(F)c2)c2c1CCO2. The van der Waals surface area contributed by atoms with E-state index in [-0.39, 0.29) is 24.2 Å². The average molecular weight is 502 g/mol. The summed E-state index contributed by atoms with van der Waals surface area (Å²) in [5.74, 6) is -1.86. The number of nitrogens with one attached hydrogen (secondary N) is 2. The second-order valence-electron chi connectivity index (χ2n) is 8.55. The third-order valence-corrected chi connectivity index (χ3v) is 6.05. The first-order chi connectivity index (χ1) is 17.3. The van der Waals surface area contributed by atoms with E-state index >= 15 is 0 Å². The van der Waals surface area contributed by atoms with Gasteiger partial charge in [0.05, 0.1) is 43.6 Å². The quantitative estimate of drug-likeness (QED) is 0.506. The zero-order valence-electron chi connectivity index (χ0n) is 19.9. The van der Waals surface area contributed by atoms with Crippen molar-refractivity contribution >= 4 is 17.8 Å². The Balaban J connectivity index is 1.61. The molecule has 0 spiro atoms. The van der Waals surface area contributed by atoms with E-state index in [1.54, 1.807) is 12.1 Å². The Morgan fingerprint density at radius 1 is 1.17 bits per heavy atom.